The molecule has 0 aliphatic heterocycles. The third-order valence-corrected chi connectivity index (χ3v) is 4.48. The first kappa shape index (κ1) is 15.3. The van der Waals surface area contributed by atoms with Crippen LogP contribution in [0.5, 0.6) is 0 Å². The number of nitrogens with one attached hydrogen (secondary N) is 1. The SMILES string of the molecule is Cc1c(Cl)cccc1CNC(=O)[C@H]1CC[C@H](N)[C@@H](O)C1. The number of aliphatic hydroxyl groups is 1. The van der Waals surface area contributed by atoms with Crippen LogP contribution in [0.15, 0.2) is 18.2 Å². The molecular weight excluding hydrogens is 276 g/mol. The highest BCUT2D eigenvalue weighted by Gasteiger charge is 2.30. The summed E-state index contributed by atoms with van der Waals surface area (Å²) in [7, 11) is 0. The summed E-state index contributed by atoms with van der Waals surface area (Å²) in [5, 5.41) is 13.4. The largest absolute Gasteiger partial charge is 0.391 e. The maximum atomic E-state index is 12.1. The predicted molar refractivity (Wildman–Crippen MR) is 79.4 cm³/mol. The van der Waals surface area contributed by atoms with Gasteiger partial charge in [0.1, 0.15) is 0 Å². The van der Waals surface area contributed by atoms with Crippen molar-refractivity contribution in [3.63, 3.8) is 0 Å². The molecule has 0 bridgehead atoms. The third-order valence-electron chi connectivity index (χ3n) is 4.07. The van der Waals surface area contributed by atoms with Crippen LogP contribution >= 0.6 is 11.6 Å². The number of amides is 1. The zero-order valence-electron chi connectivity index (χ0n) is 11.6. The van der Waals surface area contributed by atoms with Crippen LogP contribution < -0.4 is 11.1 Å². The molecule has 4 N–H and O–H groups in total. The smallest absolute Gasteiger partial charge is 0.223 e. The Morgan fingerprint density at radius 2 is 2.25 bits per heavy atom. The van der Waals surface area contributed by atoms with Crippen LogP contribution in [-0.4, -0.2) is 23.2 Å². The molecule has 1 fully saturated rings. The molecule has 1 saturated carbocycles. The lowest BCUT2D eigenvalue weighted by molar-refractivity contribution is -0.127. The molecule has 110 valence electrons. The highest BCUT2D eigenvalue weighted by Crippen LogP contribution is 2.24. The first-order chi connectivity index (χ1) is 9.49. The van der Waals surface area contributed by atoms with E-state index in [1.54, 1.807) is 0 Å². The number of benzene rings is 1. The summed E-state index contributed by atoms with van der Waals surface area (Å²) in [6.45, 7) is 2.40. The molecule has 1 aromatic carbocycles. The van der Waals surface area contributed by atoms with Crippen LogP contribution in [0.3, 0.4) is 0 Å². The van der Waals surface area contributed by atoms with Crippen molar-refractivity contribution in [3.8, 4) is 0 Å². The Kier molecular flexibility index (Phi) is 5.02. The number of aliphatic hydroxyl groups excluding tert-OH is 1. The van der Waals surface area contributed by atoms with Crippen LogP contribution in [-0.2, 0) is 11.3 Å². The van der Waals surface area contributed by atoms with Gasteiger partial charge in [-0.2, -0.15) is 0 Å². The lowest BCUT2D eigenvalue weighted by atomic mass is 9.84. The topological polar surface area (TPSA) is 75.4 Å². The van der Waals surface area contributed by atoms with Crippen molar-refractivity contribution in [2.24, 2.45) is 11.7 Å². The van der Waals surface area contributed by atoms with Crippen molar-refractivity contribution < 1.29 is 9.90 Å². The summed E-state index contributed by atoms with van der Waals surface area (Å²) in [6.07, 6.45) is 1.29. The summed E-state index contributed by atoms with van der Waals surface area (Å²) in [5.41, 5.74) is 7.74. The summed E-state index contributed by atoms with van der Waals surface area (Å²) < 4.78 is 0. The third kappa shape index (κ3) is 3.51. The van der Waals surface area contributed by atoms with E-state index in [0.717, 1.165) is 17.5 Å². The minimum atomic E-state index is -0.576. The average Bonchev–Trinajstić information content (AvgIpc) is 2.43. The Bertz CT molecular complexity index is 493. The average molecular weight is 297 g/mol. The summed E-state index contributed by atoms with van der Waals surface area (Å²) in [4.78, 5) is 12.1. The van der Waals surface area contributed by atoms with Gasteiger partial charge in [0.25, 0.3) is 0 Å². The van der Waals surface area contributed by atoms with Gasteiger partial charge in [-0.1, -0.05) is 23.7 Å². The Labute approximate surface area is 124 Å². The minimum Gasteiger partial charge on any atom is -0.391 e. The zero-order chi connectivity index (χ0) is 14.7. The maximum Gasteiger partial charge on any atom is 0.223 e. The monoisotopic (exact) mass is 296 g/mol. The molecule has 0 spiro atoms. The van der Waals surface area contributed by atoms with Gasteiger partial charge < -0.3 is 16.2 Å². The number of hydrogen-bond donors (Lipinski definition) is 3. The first-order valence-corrected chi connectivity index (χ1v) is 7.32. The maximum absolute atomic E-state index is 12.1. The van der Waals surface area contributed by atoms with Gasteiger partial charge in [0.05, 0.1) is 6.10 Å². The molecule has 5 heteroatoms. The number of carbonyl (C=O) groups is 1. The normalized spacial score (nSPS) is 26.3. The predicted octanol–water partition coefficient (Wildman–Crippen LogP) is 1.75. The van der Waals surface area contributed by atoms with E-state index in [0.29, 0.717) is 24.4 Å². The van der Waals surface area contributed by atoms with Gasteiger partial charge in [-0.15, -0.1) is 0 Å². The number of rotatable bonds is 3. The zero-order valence-corrected chi connectivity index (χ0v) is 12.4. The van der Waals surface area contributed by atoms with E-state index in [-0.39, 0.29) is 17.9 Å². The number of carbonyl (C=O) groups excluding carboxylic acids is 1. The highest BCUT2D eigenvalue weighted by atomic mass is 35.5. The van der Waals surface area contributed by atoms with E-state index in [9.17, 15) is 9.90 Å². The van der Waals surface area contributed by atoms with Crippen molar-refractivity contribution in [2.75, 3.05) is 0 Å². The number of halogens is 1. The van der Waals surface area contributed by atoms with E-state index in [1.165, 1.54) is 0 Å². The van der Waals surface area contributed by atoms with Crippen LogP contribution in [0.25, 0.3) is 0 Å². The molecule has 1 aromatic rings. The fourth-order valence-corrected chi connectivity index (χ4v) is 2.77. The van der Waals surface area contributed by atoms with Gasteiger partial charge in [0, 0.05) is 23.5 Å². The molecular formula is C15H21ClN2O2. The summed E-state index contributed by atoms with van der Waals surface area (Å²) >= 11 is 6.05. The van der Waals surface area contributed by atoms with E-state index in [2.05, 4.69) is 5.32 Å². The van der Waals surface area contributed by atoms with Crippen molar-refractivity contribution in [1.82, 2.24) is 5.32 Å². The fraction of sp³-hybridized carbons (Fsp3) is 0.533. The Morgan fingerprint density at radius 1 is 1.50 bits per heavy atom. The summed E-state index contributed by atoms with van der Waals surface area (Å²) in [6, 6.07) is 5.46. The minimum absolute atomic E-state index is 0.0182. The second kappa shape index (κ2) is 6.57. The molecule has 1 aliphatic carbocycles. The van der Waals surface area contributed by atoms with E-state index >= 15 is 0 Å². The molecule has 2 rings (SSSR count). The van der Waals surface area contributed by atoms with Crippen molar-refractivity contribution in [1.29, 1.82) is 0 Å². The molecule has 0 heterocycles. The Morgan fingerprint density at radius 3 is 2.95 bits per heavy atom. The van der Waals surface area contributed by atoms with Gasteiger partial charge >= 0.3 is 0 Å². The second-order valence-corrected chi connectivity index (χ2v) is 5.89. The van der Waals surface area contributed by atoms with E-state index in [4.69, 9.17) is 17.3 Å². The lowest BCUT2D eigenvalue weighted by Crippen LogP contribution is -2.44. The molecule has 0 aromatic heterocycles. The van der Waals surface area contributed by atoms with Crippen LogP contribution in [0.2, 0.25) is 5.02 Å². The standard InChI is InChI=1S/C15H21ClN2O2/c1-9-11(3-2-4-12(9)16)8-18-15(20)10-5-6-13(17)14(19)7-10/h2-4,10,13-14,19H,5-8,17H2,1H3,(H,18,20)/t10-,13-,14-/m0/s1. The molecule has 3 atom stereocenters. The molecule has 0 saturated heterocycles. The Balaban J connectivity index is 1.91. The number of nitrogens with two attached hydrogens (primary N) is 1. The molecule has 4 nitrogen and oxygen atoms in total. The first-order valence-electron chi connectivity index (χ1n) is 6.94. The molecule has 20 heavy (non-hydrogen) atoms. The quantitative estimate of drug-likeness (QED) is 0.795. The van der Waals surface area contributed by atoms with Gasteiger partial charge in [-0.3, -0.25) is 4.79 Å². The van der Waals surface area contributed by atoms with Gasteiger partial charge in [-0.25, -0.2) is 0 Å². The highest BCUT2D eigenvalue weighted by molar-refractivity contribution is 6.31. The summed E-state index contributed by atoms with van der Waals surface area (Å²) in [5.74, 6) is -0.167. The van der Waals surface area contributed by atoms with Crippen molar-refractivity contribution in [3.05, 3.63) is 34.3 Å². The fourth-order valence-electron chi connectivity index (χ4n) is 2.58. The molecule has 1 amide bonds. The van der Waals surface area contributed by atoms with E-state index < -0.39 is 6.10 Å². The second-order valence-electron chi connectivity index (χ2n) is 5.48. The lowest BCUT2D eigenvalue weighted by Gasteiger charge is -2.30. The van der Waals surface area contributed by atoms with Gasteiger partial charge in [0.15, 0.2) is 0 Å². The molecule has 1 aliphatic rings. The van der Waals surface area contributed by atoms with Crippen LogP contribution in [0, 0.1) is 12.8 Å². The number of hydrogen-bond acceptors (Lipinski definition) is 3. The van der Waals surface area contributed by atoms with Crippen molar-refractivity contribution in [2.45, 2.75) is 44.9 Å². The van der Waals surface area contributed by atoms with E-state index in [1.807, 2.05) is 25.1 Å². The van der Waals surface area contributed by atoms with Crippen molar-refractivity contribution >= 4 is 17.5 Å². The molecule has 0 unspecified atom stereocenters. The van der Waals surface area contributed by atoms with Crippen LogP contribution in [0.1, 0.15) is 30.4 Å². The van der Waals surface area contributed by atoms with Crippen LogP contribution in [0.4, 0.5) is 0 Å². The molecule has 0 radical (unpaired) electrons. The van der Waals surface area contributed by atoms with Gasteiger partial charge in [0.2, 0.25) is 5.91 Å². The van der Waals surface area contributed by atoms with Gasteiger partial charge in [-0.05, 0) is 43.4 Å². The Hall–Kier alpha value is -1.10.